The normalized spacial score (nSPS) is 10.6. The lowest BCUT2D eigenvalue weighted by molar-refractivity contribution is -0.119. The van der Waals surface area contributed by atoms with Crippen molar-refractivity contribution in [3.8, 4) is 11.3 Å². The molecule has 3 rings (SSSR count). The van der Waals surface area contributed by atoms with Crippen LogP contribution in [0.3, 0.4) is 0 Å². The monoisotopic (exact) mass is 405 g/mol. The molecule has 1 amide bonds. The van der Waals surface area contributed by atoms with Gasteiger partial charge >= 0.3 is 5.97 Å². The first-order valence-corrected chi connectivity index (χ1v) is 8.43. The first-order chi connectivity index (χ1) is 13.3. The molecule has 0 spiro atoms. The Morgan fingerprint density at radius 2 is 1.86 bits per heavy atom. The van der Waals surface area contributed by atoms with Crippen molar-refractivity contribution in [2.45, 2.75) is 0 Å². The quantitative estimate of drug-likeness (QED) is 0.655. The maximum absolute atomic E-state index is 13.6. The average Bonchev–Trinajstić information content (AvgIpc) is 3.00. The zero-order valence-electron chi connectivity index (χ0n) is 14.6. The van der Waals surface area contributed by atoms with Gasteiger partial charge in [-0.2, -0.15) is 5.10 Å². The first-order valence-electron chi connectivity index (χ1n) is 8.05. The van der Waals surface area contributed by atoms with Gasteiger partial charge in [-0.05, 0) is 24.3 Å². The number of anilines is 1. The Hall–Kier alpha value is -3.26. The van der Waals surface area contributed by atoms with E-state index in [4.69, 9.17) is 16.3 Å². The predicted molar refractivity (Wildman–Crippen MR) is 98.9 cm³/mol. The summed E-state index contributed by atoms with van der Waals surface area (Å²) in [5.41, 5.74) is 0.957. The summed E-state index contributed by atoms with van der Waals surface area (Å²) in [7, 11) is 1.63. The maximum atomic E-state index is 13.6. The summed E-state index contributed by atoms with van der Waals surface area (Å²) in [5.74, 6) is -3.22. The Labute approximate surface area is 163 Å². The predicted octanol–water partition coefficient (Wildman–Crippen LogP) is 3.81. The van der Waals surface area contributed by atoms with Crippen LogP contribution in [0, 0.1) is 11.6 Å². The van der Waals surface area contributed by atoms with Crippen LogP contribution in [-0.4, -0.2) is 28.3 Å². The van der Waals surface area contributed by atoms with Crippen LogP contribution in [0.2, 0.25) is 5.02 Å². The second kappa shape index (κ2) is 8.18. The second-order valence-corrected chi connectivity index (χ2v) is 6.23. The van der Waals surface area contributed by atoms with Crippen molar-refractivity contribution in [1.82, 2.24) is 9.78 Å². The third-order valence-electron chi connectivity index (χ3n) is 3.77. The smallest absolute Gasteiger partial charge is 0.341 e. The number of ether oxygens (including phenoxy) is 1. The average molecular weight is 406 g/mol. The number of carbonyl (C=O) groups excluding carboxylic acids is 2. The van der Waals surface area contributed by atoms with Crippen LogP contribution in [0.25, 0.3) is 11.3 Å². The molecule has 1 heterocycles. The summed E-state index contributed by atoms with van der Waals surface area (Å²) < 4.78 is 32.6. The van der Waals surface area contributed by atoms with E-state index in [2.05, 4.69) is 10.4 Å². The van der Waals surface area contributed by atoms with Crippen LogP contribution < -0.4 is 5.32 Å². The zero-order chi connectivity index (χ0) is 20.3. The number of aryl methyl sites for hydroxylation is 1. The summed E-state index contributed by atoms with van der Waals surface area (Å²) in [6, 6.07) is 11.1. The lowest BCUT2D eigenvalue weighted by Gasteiger charge is -2.07. The van der Waals surface area contributed by atoms with E-state index in [1.54, 1.807) is 37.4 Å². The molecule has 0 fully saturated rings. The van der Waals surface area contributed by atoms with E-state index < -0.39 is 35.7 Å². The molecule has 0 aliphatic heterocycles. The molecular weight excluding hydrogens is 392 g/mol. The van der Waals surface area contributed by atoms with E-state index in [9.17, 15) is 18.4 Å². The van der Waals surface area contributed by atoms with Crippen molar-refractivity contribution in [3.05, 3.63) is 70.8 Å². The molecule has 0 saturated carbocycles. The number of nitrogens with zero attached hydrogens (tertiary/aromatic N) is 2. The van der Waals surface area contributed by atoms with Gasteiger partial charge in [0.25, 0.3) is 5.91 Å². The Kier molecular flexibility index (Phi) is 5.70. The second-order valence-electron chi connectivity index (χ2n) is 5.79. The van der Waals surface area contributed by atoms with Crippen LogP contribution in [-0.2, 0) is 16.6 Å². The van der Waals surface area contributed by atoms with Gasteiger partial charge in [0.05, 0.1) is 11.3 Å². The molecule has 0 aliphatic carbocycles. The highest BCUT2D eigenvalue weighted by Crippen LogP contribution is 2.23. The fourth-order valence-corrected chi connectivity index (χ4v) is 2.51. The number of halogens is 3. The van der Waals surface area contributed by atoms with Crippen molar-refractivity contribution in [2.24, 2.45) is 7.05 Å². The molecule has 0 atom stereocenters. The number of aromatic nitrogens is 2. The molecule has 3 aromatic rings. The summed E-state index contributed by atoms with van der Waals surface area (Å²) in [4.78, 5) is 23.9. The van der Waals surface area contributed by atoms with E-state index in [1.807, 2.05) is 0 Å². The van der Waals surface area contributed by atoms with Crippen molar-refractivity contribution in [1.29, 1.82) is 0 Å². The van der Waals surface area contributed by atoms with Gasteiger partial charge < -0.3 is 10.1 Å². The zero-order valence-corrected chi connectivity index (χ0v) is 15.3. The number of amides is 1. The third kappa shape index (κ3) is 4.52. The summed E-state index contributed by atoms with van der Waals surface area (Å²) in [5, 5.41) is 7.43. The highest BCUT2D eigenvalue weighted by Gasteiger charge is 2.16. The third-order valence-corrected chi connectivity index (χ3v) is 4.02. The number of nitrogens with one attached hydrogen (secondary N) is 1. The molecule has 144 valence electrons. The van der Waals surface area contributed by atoms with Crippen LogP contribution in [0.15, 0.2) is 48.5 Å². The topological polar surface area (TPSA) is 73.2 Å². The van der Waals surface area contributed by atoms with Gasteiger partial charge in [0.1, 0.15) is 17.5 Å². The van der Waals surface area contributed by atoms with Gasteiger partial charge in [-0.1, -0.05) is 23.7 Å². The molecule has 2 aromatic carbocycles. The fraction of sp³-hybridized carbons (Fsp3) is 0.105. The van der Waals surface area contributed by atoms with Gasteiger partial charge in [-0.15, -0.1) is 0 Å². The van der Waals surface area contributed by atoms with Crippen LogP contribution in [0.1, 0.15) is 10.4 Å². The van der Waals surface area contributed by atoms with Crippen LogP contribution in [0.4, 0.5) is 14.6 Å². The van der Waals surface area contributed by atoms with Gasteiger partial charge in [0.2, 0.25) is 0 Å². The Balaban J connectivity index is 1.62. The molecule has 6 nitrogen and oxygen atoms in total. The van der Waals surface area contributed by atoms with Crippen molar-refractivity contribution in [2.75, 3.05) is 11.9 Å². The highest BCUT2D eigenvalue weighted by molar-refractivity contribution is 6.30. The largest absolute Gasteiger partial charge is 0.452 e. The summed E-state index contributed by atoms with van der Waals surface area (Å²) >= 11 is 5.86. The Bertz CT molecular complexity index is 1040. The lowest BCUT2D eigenvalue weighted by atomic mass is 10.1. The van der Waals surface area contributed by atoms with E-state index >= 15 is 0 Å². The van der Waals surface area contributed by atoms with Crippen LogP contribution >= 0.6 is 11.6 Å². The fourth-order valence-electron chi connectivity index (χ4n) is 2.39. The molecule has 1 N–H and O–H groups in total. The summed E-state index contributed by atoms with van der Waals surface area (Å²) in [6.45, 7) is -0.642. The SMILES string of the molecule is Cn1nc(-c2ccc(Cl)cc2)cc1NC(=O)COC(=O)c1ccc(F)cc1F. The van der Waals surface area contributed by atoms with E-state index in [0.29, 0.717) is 22.6 Å². The molecular formula is C19H14ClF2N3O3. The van der Waals surface area contributed by atoms with Crippen molar-refractivity contribution >= 4 is 29.3 Å². The van der Waals surface area contributed by atoms with Crippen LogP contribution in [0.5, 0.6) is 0 Å². The molecule has 0 aliphatic rings. The number of hydrogen-bond acceptors (Lipinski definition) is 4. The van der Waals surface area contributed by atoms with E-state index in [0.717, 1.165) is 17.7 Å². The van der Waals surface area contributed by atoms with Crippen molar-refractivity contribution < 1.29 is 23.1 Å². The molecule has 0 saturated heterocycles. The Morgan fingerprint density at radius 3 is 2.54 bits per heavy atom. The van der Waals surface area contributed by atoms with Gasteiger partial charge in [-0.25, -0.2) is 13.6 Å². The number of benzene rings is 2. The van der Waals surface area contributed by atoms with Gasteiger partial charge in [0, 0.05) is 29.8 Å². The van der Waals surface area contributed by atoms with Crippen molar-refractivity contribution in [3.63, 3.8) is 0 Å². The molecule has 0 bridgehead atoms. The van der Waals surface area contributed by atoms with Gasteiger partial charge in [-0.3, -0.25) is 9.48 Å². The molecule has 9 heteroatoms. The number of hydrogen-bond donors (Lipinski definition) is 1. The Morgan fingerprint density at radius 1 is 1.14 bits per heavy atom. The minimum atomic E-state index is -1.07. The minimum Gasteiger partial charge on any atom is -0.452 e. The molecule has 28 heavy (non-hydrogen) atoms. The molecule has 0 radical (unpaired) electrons. The molecule has 0 unspecified atom stereocenters. The number of rotatable bonds is 5. The number of carbonyl (C=O) groups is 2. The highest BCUT2D eigenvalue weighted by atomic mass is 35.5. The van der Waals surface area contributed by atoms with E-state index in [-0.39, 0.29) is 0 Å². The standard InChI is InChI=1S/C19H14ClF2N3O3/c1-25-17(9-16(24-25)11-2-4-12(20)5-3-11)23-18(26)10-28-19(27)14-7-6-13(21)8-15(14)22/h2-9H,10H2,1H3,(H,23,26). The first kappa shape index (κ1) is 19.5. The number of esters is 1. The van der Waals surface area contributed by atoms with Gasteiger partial charge in [0.15, 0.2) is 6.61 Å². The molecule has 1 aromatic heterocycles. The maximum Gasteiger partial charge on any atom is 0.341 e. The lowest BCUT2D eigenvalue weighted by Crippen LogP contribution is -2.22. The van der Waals surface area contributed by atoms with E-state index in [1.165, 1.54) is 4.68 Å². The minimum absolute atomic E-state index is 0.374. The summed E-state index contributed by atoms with van der Waals surface area (Å²) in [6.07, 6.45) is 0.